The van der Waals surface area contributed by atoms with Crippen molar-refractivity contribution in [2.24, 2.45) is 0 Å². The molecule has 0 saturated heterocycles. The van der Waals surface area contributed by atoms with Crippen LogP contribution in [0.3, 0.4) is 0 Å². The van der Waals surface area contributed by atoms with Gasteiger partial charge < -0.3 is 4.74 Å². The largest absolute Gasteiger partial charge is 0.468 e. The van der Waals surface area contributed by atoms with Crippen molar-refractivity contribution >= 4 is 46.5 Å². The van der Waals surface area contributed by atoms with E-state index in [0.29, 0.717) is 11.5 Å². The van der Waals surface area contributed by atoms with Crippen molar-refractivity contribution in [1.29, 1.82) is 0 Å². The number of methoxy groups -OCH3 is 1. The molecule has 1 aromatic heterocycles. The molecule has 0 saturated carbocycles. The monoisotopic (exact) mass is 440 g/mol. The molecule has 154 valence electrons. The molecule has 1 unspecified atom stereocenters. The van der Waals surface area contributed by atoms with Gasteiger partial charge in [-0.3, -0.25) is 23.9 Å². The predicted molar refractivity (Wildman–Crippen MR) is 119 cm³/mol. The first-order valence-corrected chi connectivity index (χ1v) is 11.4. The van der Waals surface area contributed by atoms with Crippen LogP contribution in [0.1, 0.15) is 22.8 Å². The number of thiazole rings is 1. The van der Waals surface area contributed by atoms with Gasteiger partial charge in [-0.2, -0.15) is 0 Å². The number of hydrogen-bond acceptors (Lipinski definition) is 6. The van der Waals surface area contributed by atoms with Crippen LogP contribution in [0, 0.1) is 0 Å². The third-order valence-corrected chi connectivity index (χ3v) is 6.92. The first kappa shape index (κ1) is 20.4. The quantitative estimate of drug-likeness (QED) is 0.443. The van der Waals surface area contributed by atoms with E-state index in [2.05, 4.69) is 0 Å². The van der Waals surface area contributed by atoms with Crippen LogP contribution in [0.25, 0.3) is 0 Å². The summed E-state index contributed by atoms with van der Waals surface area (Å²) in [5.41, 5.74) is 1.64. The number of carbonyl (C=O) groups excluding carboxylic acids is 2. The fourth-order valence-corrected chi connectivity index (χ4v) is 5.14. The van der Waals surface area contributed by atoms with Crippen LogP contribution in [-0.2, 0) is 20.9 Å². The summed E-state index contributed by atoms with van der Waals surface area (Å²) in [6, 6.07) is 17.2. The smallest absolute Gasteiger partial charge is 0.325 e. The van der Waals surface area contributed by atoms with E-state index in [1.165, 1.54) is 11.7 Å². The highest BCUT2D eigenvalue weighted by Crippen LogP contribution is 2.44. The van der Waals surface area contributed by atoms with Crippen molar-refractivity contribution in [3.05, 3.63) is 74.7 Å². The third-order valence-electron chi connectivity index (χ3n) is 5.10. The molecule has 0 spiro atoms. The zero-order valence-corrected chi connectivity index (χ0v) is 18.2. The molecule has 0 aliphatic carbocycles. The number of thioether (sulfide) groups is 1. The Morgan fingerprint density at radius 2 is 1.83 bits per heavy atom. The maximum atomic E-state index is 13.3. The summed E-state index contributed by atoms with van der Waals surface area (Å²) < 4.78 is 6.12. The van der Waals surface area contributed by atoms with Crippen LogP contribution >= 0.6 is 23.1 Å². The maximum Gasteiger partial charge on any atom is 0.325 e. The van der Waals surface area contributed by atoms with Crippen LogP contribution in [-0.4, -0.2) is 29.8 Å². The van der Waals surface area contributed by atoms with Crippen molar-refractivity contribution in [2.75, 3.05) is 18.3 Å². The Kier molecular flexibility index (Phi) is 5.78. The highest BCUT2D eigenvalue weighted by Gasteiger charge is 2.38. The van der Waals surface area contributed by atoms with E-state index in [4.69, 9.17) is 4.74 Å². The van der Waals surface area contributed by atoms with Crippen molar-refractivity contribution in [3.8, 4) is 0 Å². The zero-order valence-electron chi connectivity index (χ0n) is 16.5. The molecular weight excluding hydrogens is 420 g/mol. The molecule has 0 fully saturated rings. The Labute approximate surface area is 182 Å². The maximum absolute atomic E-state index is 13.3. The molecule has 3 aromatic rings. The number of esters is 1. The molecule has 1 aliphatic rings. The minimum Gasteiger partial charge on any atom is -0.468 e. The van der Waals surface area contributed by atoms with E-state index >= 15 is 0 Å². The topological polar surface area (TPSA) is 68.6 Å². The van der Waals surface area contributed by atoms with Gasteiger partial charge in [0.2, 0.25) is 5.91 Å². The molecule has 2 heterocycles. The number of ether oxygens (including phenoxy) is 1. The van der Waals surface area contributed by atoms with Gasteiger partial charge in [-0.05, 0) is 36.1 Å². The normalized spacial score (nSPS) is 15.7. The molecule has 0 radical (unpaired) electrons. The fourth-order valence-electron chi connectivity index (χ4n) is 3.63. The molecule has 1 atom stereocenters. The van der Waals surface area contributed by atoms with E-state index in [9.17, 15) is 14.4 Å². The molecule has 8 heteroatoms. The lowest BCUT2D eigenvalue weighted by Gasteiger charge is -2.32. The summed E-state index contributed by atoms with van der Waals surface area (Å²) in [7, 11) is 1.28. The molecular formula is C22H20N2O4S2. The highest BCUT2D eigenvalue weighted by atomic mass is 32.2. The number of nitrogens with zero attached hydrogens (tertiary/aromatic N) is 2. The number of anilines is 2. The van der Waals surface area contributed by atoms with Crippen LogP contribution < -0.4 is 9.77 Å². The van der Waals surface area contributed by atoms with Gasteiger partial charge in [0.25, 0.3) is 0 Å². The number of para-hydroxylation sites is 1. The van der Waals surface area contributed by atoms with Crippen LogP contribution in [0.4, 0.5) is 11.5 Å². The van der Waals surface area contributed by atoms with Gasteiger partial charge in [0.15, 0.2) is 0 Å². The highest BCUT2D eigenvalue weighted by molar-refractivity contribution is 7.98. The Bertz CT molecular complexity index is 1140. The van der Waals surface area contributed by atoms with Crippen molar-refractivity contribution in [1.82, 2.24) is 4.57 Å². The molecule has 0 N–H and O–H groups in total. The van der Waals surface area contributed by atoms with E-state index in [0.717, 1.165) is 26.7 Å². The second kappa shape index (κ2) is 8.49. The van der Waals surface area contributed by atoms with Crippen LogP contribution in [0.5, 0.6) is 0 Å². The molecule has 30 heavy (non-hydrogen) atoms. The molecule has 1 aliphatic heterocycles. The van der Waals surface area contributed by atoms with Crippen molar-refractivity contribution in [2.45, 2.75) is 23.8 Å². The van der Waals surface area contributed by atoms with E-state index < -0.39 is 5.97 Å². The predicted octanol–water partition coefficient (Wildman–Crippen LogP) is 4.01. The molecule has 1 amide bonds. The molecule has 6 nitrogen and oxygen atoms in total. The summed E-state index contributed by atoms with van der Waals surface area (Å²) in [5.74, 6) is -0.439. The number of aromatic nitrogens is 1. The van der Waals surface area contributed by atoms with Gasteiger partial charge in [0, 0.05) is 17.2 Å². The summed E-state index contributed by atoms with van der Waals surface area (Å²) >= 11 is 2.73. The van der Waals surface area contributed by atoms with Gasteiger partial charge in [-0.1, -0.05) is 41.7 Å². The van der Waals surface area contributed by atoms with E-state index in [-0.39, 0.29) is 29.7 Å². The average molecular weight is 441 g/mol. The standard InChI is InChI=1S/C22H20N2O4S2/c1-28-19(26)13-23-21-20(30-22(23)27)17(14-8-10-16(29-2)11-9-14)12-18(25)24(21)15-6-4-3-5-7-15/h3-11,17H,12-13H2,1-2H3. The van der Waals surface area contributed by atoms with Crippen LogP contribution in [0.2, 0.25) is 0 Å². The second-order valence-electron chi connectivity index (χ2n) is 6.81. The first-order valence-electron chi connectivity index (χ1n) is 9.35. The number of carbonyl (C=O) groups is 2. The minimum absolute atomic E-state index is 0.121. The van der Waals surface area contributed by atoms with Gasteiger partial charge in [-0.15, -0.1) is 11.8 Å². The van der Waals surface area contributed by atoms with Gasteiger partial charge in [-0.25, -0.2) is 0 Å². The number of rotatable bonds is 5. The second-order valence-corrected chi connectivity index (χ2v) is 8.69. The van der Waals surface area contributed by atoms with E-state index in [1.54, 1.807) is 16.7 Å². The number of amides is 1. The number of hydrogen-bond donors (Lipinski definition) is 0. The molecule has 4 rings (SSSR count). The fraction of sp³-hybridized carbons (Fsp3) is 0.227. The van der Waals surface area contributed by atoms with E-state index in [1.807, 2.05) is 60.9 Å². The number of benzene rings is 2. The van der Waals surface area contributed by atoms with Gasteiger partial charge >= 0.3 is 10.8 Å². The third kappa shape index (κ3) is 3.68. The van der Waals surface area contributed by atoms with Crippen molar-refractivity contribution < 1.29 is 14.3 Å². The Morgan fingerprint density at radius 3 is 2.47 bits per heavy atom. The number of fused-ring (bicyclic) bond motifs is 1. The SMILES string of the molecule is COC(=O)Cn1c2c(sc1=O)C(c1ccc(SC)cc1)CC(=O)N2c1ccccc1. The minimum atomic E-state index is -0.537. The van der Waals surface area contributed by atoms with Crippen LogP contribution in [0.15, 0.2) is 64.3 Å². The Morgan fingerprint density at radius 1 is 1.13 bits per heavy atom. The summed E-state index contributed by atoms with van der Waals surface area (Å²) in [6.45, 7) is -0.240. The first-order chi connectivity index (χ1) is 14.5. The summed E-state index contributed by atoms with van der Waals surface area (Å²) in [4.78, 5) is 41.3. The van der Waals surface area contributed by atoms with Gasteiger partial charge in [0.1, 0.15) is 12.4 Å². The lowest BCUT2D eigenvalue weighted by molar-refractivity contribution is -0.141. The van der Waals surface area contributed by atoms with Gasteiger partial charge in [0.05, 0.1) is 17.7 Å². The average Bonchev–Trinajstić information content (AvgIpc) is 3.09. The summed E-state index contributed by atoms with van der Waals surface area (Å²) in [5, 5.41) is 0. The molecule has 2 aromatic carbocycles. The summed E-state index contributed by atoms with van der Waals surface area (Å²) in [6.07, 6.45) is 2.26. The zero-order chi connectivity index (χ0) is 21.3. The molecule has 0 bridgehead atoms. The lowest BCUT2D eigenvalue weighted by atomic mass is 9.90. The Balaban J connectivity index is 1.89. The lowest BCUT2D eigenvalue weighted by Crippen LogP contribution is -2.36. The Hall–Kier alpha value is -2.84. The van der Waals surface area contributed by atoms with Crippen molar-refractivity contribution in [3.63, 3.8) is 0 Å².